The molecule has 0 heterocycles. The molecule has 0 aliphatic rings. The van der Waals surface area contributed by atoms with E-state index in [1.807, 2.05) is 36.9 Å². The van der Waals surface area contributed by atoms with Crippen LogP contribution >= 0.6 is 27.7 Å². The lowest BCUT2D eigenvalue weighted by Gasteiger charge is -2.18. The van der Waals surface area contributed by atoms with Gasteiger partial charge in [-0.05, 0) is 31.5 Å². The van der Waals surface area contributed by atoms with Crippen molar-refractivity contribution in [2.75, 3.05) is 24.6 Å². The maximum atomic E-state index is 11.8. The van der Waals surface area contributed by atoms with Crippen LogP contribution in [0.1, 0.15) is 19.4 Å². The smallest absolute Gasteiger partial charge is 0.232 e. The lowest BCUT2D eigenvalue weighted by molar-refractivity contribution is -0.127. The zero-order valence-corrected chi connectivity index (χ0v) is 13.2. The standard InChI is InChI=1S/C13H19BrN2OS/c1-3-16(4-2)13(17)9-18-8-10-5-6-11(14)7-12(10)15/h5-7H,3-4,8-9,15H2,1-2H3. The van der Waals surface area contributed by atoms with Crippen LogP contribution < -0.4 is 5.73 Å². The van der Waals surface area contributed by atoms with Crippen molar-refractivity contribution in [2.24, 2.45) is 0 Å². The fourth-order valence-electron chi connectivity index (χ4n) is 1.61. The van der Waals surface area contributed by atoms with Crippen LogP contribution in [0.2, 0.25) is 0 Å². The second kappa shape index (κ2) is 7.69. The first-order valence-corrected chi connectivity index (χ1v) is 7.92. The molecule has 1 amide bonds. The van der Waals surface area contributed by atoms with Gasteiger partial charge in [-0.25, -0.2) is 0 Å². The highest BCUT2D eigenvalue weighted by molar-refractivity contribution is 9.10. The number of benzene rings is 1. The highest BCUT2D eigenvalue weighted by Crippen LogP contribution is 2.22. The van der Waals surface area contributed by atoms with Crippen molar-refractivity contribution in [3.63, 3.8) is 0 Å². The molecule has 0 aromatic heterocycles. The van der Waals surface area contributed by atoms with Gasteiger partial charge in [0.25, 0.3) is 0 Å². The molecule has 0 aliphatic carbocycles. The van der Waals surface area contributed by atoms with Gasteiger partial charge < -0.3 is 10.6 Å². The minimum Gasteiger partial charge on any atom is -0.398 e. The molecular formula is C13H19BrN2OS. The third kappa shape index (κ3) is 4.53. The molecule has 0 spiro atoms. The lowest BCUT2D eigenvalue weighted by Crippen LogP contribution is -2.31. The fraction of sp³-hybridized carbons (Fsp3) is 0.462. The van der Waals surface area contributed by atoms with E-state index in [0.29, 0.717) is 5.75 Å². The summed E-state index contributed by atoms with van der Waals surface area (Å²) in [6.07, 6.45) is 0. The Morgan fingerprint density at radius 3 is 2.61 bits per heavy atom. The number of thioether (sulfide) groups is 1. The van der Waals surface area contributed by atoms with E-state index >= 15 is 0 Å². The predicted molar refractivity (Wildman–Crippen MR) is 82.6 cm³/mol. The minimum atomic E-state index is 0.195. The normalized spacial score (nSPS) is 10.4. The van der Waals surface area contributed by atoms with Crippen LogP contribution in [0, 0.1) is 0 Å². The van der Waals surface area contributed by atoms with E-state index < -0.39 is 0 Å². The Kier molecular flexibility index (Phi) is 6.57. The molecule has 0 atom stereocenters. The van der Waals surface area contributed by atoms with E-state index in [-0.39, 0.29) is 5.91 Å². The van der Waals surface area contributed by atoms with E-state index in [9.17, 15) is 4.79 Å². The van der Waals surface area contributed by atoms with Crippen LogP contribution in [0.4, 0.5) is 5.69 Å². The molecule has 0 saturated carbocycles. The Bertz CT molecular complexity index is 408. The predicted octanol–water partition coefficient (Wildman–Crippen LogP) is 3.13. The zero-order valence-electron chi connectivity index (χ0n) is 10.8. The summed E-state index contributed by atoms with van der Waals surface area (Å²) in [5.41, 5.74) is 7.76. The second-order valence-corrected chi connectivity index (χ2v) is 5.80. The summed E-state index contributed by atoms with van der Waals surface area (Å²) < 4.78 is 0.980. The number of hydrogen-bond donors (Lipinski definition) is 1. The van der Waals surface area contributed by atoms with Crippen molar-refractivity contribution in [2.45, 2.75) is 19.6 Å². The molecule has 0 bridgehead atoms. The van der Waals surface area contributed by atoms with Crippen LogP contribution in [0.3, 0.4) is 0 Å². The number of amides is 1. The van der Waals surface area contributed by atoms with Gasteiger partial charge in [-0.3, -0.25) is 4.79 Å². The average molecular weight is 331 g/mol. The largest absolute Gasteiger partial charge is 0.398 e. The maximum Gasteiger partial charge on any atom is 0.232 e. The van der Waals surface area contributed by atoms with E-state index in [2.05, 4.69) is 15.9 Å². The van der Waals surface area contributed by atoms with E-state index in [4.69, 9.17) is 5.73 Å². The molecule has 0 aliphatic heterocycles. The van der Waals surface area contributed by atoms with Gasteiger partial charge in [-0.2, -0.15) is 0 Å². The molecule has 100 valence electrons. The monoisotopic (exact) mass is 330 g/mol. The van der Waals surface area contributed by atoms with Crippen molar-refractivity contribution >= 4 is 39.3 Å². The number of nitrogens with zero attached hydrogens (tertiary/aromatic N) is 1. The zero-order chi connectivity index (χ0) is 13.5. The molecule has 1 aromatic carbocycles. The van der Waals surface area contributed by atoms with Gasteiger partial charge >= 0.3 is 0 Å². The van der Waals surface area contributed by atoms with E-state index in [0.717, 1.165) is 34.6 Å². The highest BCUT2D eigenvalue weighted by atomic mass is 79.9. The van der Waals surface area contributed by atoms with Crippen LogP contribution in [0.15, 0.2) is 22.7 Å². The van der Waals surface area contributed by atoms with Gasteiger partial charge in [0.15, 0.2) is 0 Å². The summed E-state index contributed by atoms with van der Waals surface area (Å²) in [6, 6.07) is 5.86. The number of carbonyl (C=O) groups is 1. The van der Waals surface area contributed by atoms with Crippen LogP contribution in [0.25, 0.3) is 0 Å². The van der Waals surface area contributed by atoms with Gasteiger partial charge in [0, 0.05) is 29.0 Å². The molecule has 0 unspecified atom stereocenters. The Labute approximate surface area is 121 Å². The summed E-state index contributed by atoms with van der Waals surface area (Å²) in [6.45, 7) is 5.55. The average Bonchev–Trinajstić information content (AvgIpc) is 2.33. The second-order valence-electron chi connectivity index (χ2n) is 3.90. The van der Waals surface area contributed by atoms with Crippen molar-refractivity contribution in [3.05, 3.63) is 28.2 Å². The molecule has 18 heavy (non-hydrogen) atoms. The summed E-state index contributed by atoms with van der Waals surface area (Å²) in [5, 5.41) is 0. The third-order valence-corrected chi connectivity index (χ3v) is 4.17. The molecular weight excluding hydrogens is 312 g/mol. The van der Waals surface area contributed by atoms with Crippen molar-refractivity contribution < 1.29 is 4.79 Å². The molecule has 0 fully saturated rings. The molecule has 0 saturated heterocycles. The quantitative estimate of drug-likeness (QED) is 0.815. The van der Waals surface area contributed by atoms with Gasteiger partial charge in [-0.15, -0.1) is 11.8 Å². The minimum absolute atomic E-state index is 0.195. The molecule has 1 aromatic rings. The number of rotatable bonds is 6. The molecule has 1 rings (SSSR count). The first-order chi connectivity index (χ1) is 8.58. The Morgan fingerprint density at radius 2 is 2.06 bits per heavy atom. The van der Waals surface area contributed by atoms with Crippen molar-refractivity contribution in [1.29, 1.82) is 0 Å². The summed E-state index contributed by atoms with van der Waals surface area (Å²) in [4.78, 5) is 13.6. The van der Waals surface area contributed by atoms with Crippen LogP contribution in [-0.4, -0.2) is 29.6 Å². The Morgan fingerprint density at radius 1 is 1.39 bits per heavy atom. The first-order valence-electron chi connectivity index (χ1n) is 5.97. The fourth-order valence-corrected chi connectivity index (χ4v) is 2.93. The van der Waals surface area contributed by atoms with Crippen LogP contribution in [0.5, 0.6) is 0 Å². The summed E-state index contributed by atoms with van der Waals surface area (Å²) in [7, 11) is 0. The topological polar surface area (TPSA) is 46.3 Å². The molecule has 0 radical (unpaired) electrons. The van der Waals surface area contributed by atoms with Gasteiger partial charge in [0.05, 0.1) is 5.75 Å². The maximum absolute atomic E-state index is 11.8. The Balaban J connectivity index is 2.44. The third-order valence-electron chi connectivity index (χ3n) is 2.71. The summed E-state index contributed by atoms with van der Waals surface area (Å²) in [5.74, 6) is 1.48. The number of hydrogen-bond acceptors (Lipinski definition) is 3. The Hall–Kier alpha value is -0.680. The number of halogens is 1. The highest BCUT2D eigenvalue weighted by Gasteiger charge is 2.09. The van der Waals surface area contributed by atoms with Crippen molar-refractivity contribution in [1.82, 2.24) is 4.90 Å². The number of carbonyl (C=O) groups excluding carboxylic acids is 1. The molecule has 5 heteroatoms. The van der Waals surface area contributed by atoms with Gasteiger partial charge in [0.1, 0.15) is 0 Å². The lowest BCUT2D eigenvalue weighted by atomic mass is 10.2. The first kappa shape index (κ1) is 15.4. The number of nitrogens with two attached hydrogens (primary N) is 1. The van der Waals surface area contributed by atoms with E-state index in [1.54, 1.807) is 11.8 Å². The van der Waals surface area contributed by atoms with E-state index in [1.165, 1.54) is 0 Å². The van der Waals surface area contributed by atoms with Crippen molar-refractivity contribution in [3.8, 4) is 0 Å². The number of anilines is 1. The molecule has 2 N–H and O–H groups in total. The van der Waals surface area contributed by atoms with Gasteiger partial charge in [-0.1, -0.05) is 22.0 Å². The SMILES string of the molecule is CCN(CC)C(=O)CSCc1ccc(Br)cc1N. The summed E-state index contributed by atoms with van der Waals surface area (Å²) >= 11 is 4.98. The van der Waals surface area contributed by atoms with Gasteiger partial charge in [0.2, 0.25) is 5.91 Å². The number of nitrogen functional groups attached to an aromatic ring is 1. The molecule has 3 nitrogen and oxygen atoms in total. The van der Waals surface area contributed by atoms with Crippen LogP contribution in [-0.2, 0) is 10.5 Å².